The Morgan fingerprint density at radius 3 is 2.75 bits per heavy atom. The number of aromatic nitrogens is 1. The summed E-state index contributed by atoms with van der Waals surface area (Å²) >= 11 is 5.46. The van der Waals surface area contributed by atoms with Crippen molar-refractivity contribution in [1.82, 2.24) is 4.57 Å². The SMILES string of the molecule is C=CCn1cc(C#N)c2c(c1=S)CCCC2. The Morgan fingerprint density at radius 2 is 2.12 bits per heavy atom. The fourth-order valence-electron chi connectivity index (χ4n) is 2.28. The minimum Gasteiger partial charge on any atom is -0.334 e. The van der Waals surface area contributed by atoms with Crippen LogP contribution in [0.4, 0.5) is 0 Å². The number of hydrogen-bond acceptors (Lipinski definition) is 2. The molecule has 82 valence electrons. The molecule has 16 heavy (non-hydrogen) atoms. The van der Waals surface area contributed by atoms with Crippen LogP contribution < -0.4 is 0 Å². The molecule has 0 saturated heterocycles. The van der Waals surface area contributed by atoms with Crippen molar-refractivity contribution >= 4 is 12.2 Å². The van der Waals surface area contributed by atoms with Crippen molar-refractivity contribution in [3.8, 4) is 6.07 Å². The highest BCUT2D eigenvalue weighted by Crippen LogP contribution is 2.25. The molecule has 0 fully saturated rings. The maximum absolute atomic E-state index is 9.15. The molecule has 1 heterocycles. The van der Waals surface area contributed by atoms with E-state index < -0.39 is 0 Å². The highest BCUT2D eigenvalue weighted by Gasteiger charge is 2.16. The van der Waals surface area contributed by atoms with Gasteiger partial charge in [0.2, 0.25) is 0 Å². The summed E-state index contributed by atoms with van der Waals surface area (Å²) in [5, 5.41) is 9.15. The number of nitriles is 1. The first kappa shape index (κ1) is 11.1. The zero-order valence-corrected chi connectivity index (χ0v) is 10.0. The van der Waals surface area contributed by atoms with E-state index in [2.05, 4.69) is 12.6 Å². The lowest BCUT2D eigenvalue weighted by Gasteiger charge is -2.19. The summed E-state index contributed by atoms with van der Waals surface area (Å²) in [5.74, 6) is 0. The second-order valence-electron chi connectivity index (χ2n) is 4.06. The van der Waals surface area contributed by atoms with Gasteiger partial charge in [0.25, 0.3) is 0 Å². The van der Waals surface area contributed by atoms with E-state index in [0.29, 0.717) is 6.54 Å². The molecule has 0 radical (unpaired) electrons. The van der Waals surface area contributed by atoms with E-state index >= 15 is 0 Å². The Bertz CT molecular complexity index is 520. The number of hydrogen-bond donors (Lipinski definition) is 0. The lowest BCUT2D eigenvalue weighted by Crippen LogP contribution is -2.12. The van der Waals surface area contributed by atoms with E-state index in [1.54, 1.807) is 0 Å². The van der Waals surface area contributed by atoms with Crippen LogP contribution in [0.1, 0.15) is 29.5 Å². The summed E-state index contributed by atoms with van der Waals surface area (Å²) in [4.78, 5) is 0. The average molecular weight is 230 g/mol. The molecule has 2 rings (SSSR count). The van der Waals surface area contributed by atoms with Gasteiger partial charge in [0.05, 0.1) is 5.56 Å². The molecular weight excluding hydrogens is 216 g/mol. The van der Waals surface area contributed by atoms with E-state index in [1.165, 1.54) is 24.0 Å². The smallest absolute Gasteiger partial charge is 0.109 e. The van der Waals surface area contributed by atoms with Crippen molar-refractivity contribution < 1.29 is 0 Å². The molecule has 0 unspecified atom stereocenters. The van der Waals surface area contributed by atoms with Crippen LogP contribution in [-0.2, 0) is 19.4 Å². The number of fused-ring (bicyclic) bond motifs is 1. The minimum absolute atomic E-state index is 0.681. The number of allylic oxidation sites excluding steroid dienone is 1. The van der Waals surface area contributed by atoms with Crippen LogP contribution in [0.15, 0.2) is 18.9 Å². The highest BCUT2D eigenvalue weighted by molar-refractivity contribution is 7.71. The van der Waals surface area contributed by atoms with Crippen LogP contribution >= 0.6 is 12.2 Å². The van der Waals surface area contributed by atoms with Gasteiger partial charge < -0.3 is 4.57 Å². The molecule has 0 aromatic carbocycles. The van der Waals surface area contributed by atoms with Crippen LogP contribution in [0.25, 0.3) is 0 Å². The average Bonchev–Trinajstić information content (AvgIpc) is 2.33. The van der Waals surface area contributed by atoms with Gasteiger partial charge in [0.15, 0.2) is 0 Å². The van der Waals surface area contributed by atoms with Gasteiger partial charge in [-0.2, -0.15) is 5.26 Å². The van der Waals surface area contributed by atoms with Crippen LogP contribution in [0, 0.1) is 16.0 Å². The van der Waals surface area contributed by atoms with E-state index in [9.17, 15) is 0 Å². The summed E-state index contributed by atoms with van der Waals surface area (Å²) < 4.78 is 2.83. The Balaban J connectivity index is 2.66. The van der Waals surface area contributed by atoms with Gasteiger partial charge in [0, 0.05) is 12.7 Å². The second-order valence-corrected chi connectivity index (χ2v) is 4.45. The minimum atomic E-state index is 0.681. The molecule has 0 atom stereocenters. The quantitative estimate of drug-likeness (QED) is 0.577. The van der Waals surface area contributed by atoms with E-state index in [4.69, 9.17) is 17.5 Å². The molecule has 1 aliphatic carbocycles. The van der Waals surface area contributed by atoms with Crippen LogP contribution in [0.2, 0.25) is 0 Å². The zero-order valence-electron chi connectivity index (χ0n) is 9.20. The van der Waals surface area contributed by atoms with Gasteiger partial charge in [-0.05, 0) is 36.8 Å². The first-order valence-electron chi connectivity index (χ1n) is 5.54. The molecule has 2 nitrogen and oxygen atoms in total. The Morgan fingerprint density at radius 1 is 1.44 bits per heavy atom. The lowest BCUT2D eigenvalue weighted by atomic mass is 9.90. The molecule has 0 aliphatic heterocycles. The number of nitrogens with zero attached hydrogens (tertiary/aromatic N) is 2. The molecular formula is C13H14N2S. The summed E-state index contributed by atoms with van der Waals surface area (Å²) in [6.07, 6.45) is 8.04. The van der Waals surface area contributed by atoms with E-state index in [-0.39, 0.29) is 0 Å². The lowest BCUT2D eigenvalue weighted by molar-refractivity contribution is 0.660. The zero-order chi connectivity index (χ0) is 11.5. The fourth-order valence-corrected chi connectivity index (χ4v) is 2.63. The molecule has 0 bridgehead atoms. The maximum Gasteiger partial charge on any atom is 0.109 e. The molecule has 1 aromatic heterocycles. The molecule has 1 aliphatic rings. The van der Waals surface area contributed by atoms with Crippen LogP contribution in [0.3, 0.4) is 0 Å². The third-order valence-corrected chi connectivity index (χ3v) is 3.52. The summed E-state index contributed by atoms with van der Waals surface area (Å²) in [6, 6.07) is 2.28. The maximum atomic E-state index is 9.15. The predicted molar refractivity (Wildman–Crippen MR) is 66.8 cm³/mol. The summed E-state index contributed by atoms with van der Waals surface area (Å²) in [6.45, 7) is 4.40. The molecule has 3 heteroatoms. The fraction of sp³-hybridized carbons (Fsp3) is 0.385. The van der Waals surface area contributed by atoms with Gasteiger partial charge in [0.1, 0.15) is 10.7 Å². The Labute approximate surface area is 101 Å². The largest absolute Gasteiger partial charge is 0.334 e. The summed E-state index contributed by atoms with van der Waals surface area (Å²) in [5.41, 5.74) is 3.17. The topological polar surface area (TPSA) is 28.7 Å². The van der Waals surface area contributed by atoms with Crippen molar-refractivity contribution in [2.24, 2.45) is 0 Å². The van der Waals surface area contributed by atoms with Gasteiger partial charge in [-0.3, -0.25) is 0 Å². The van der Waals surface area contributed by atoms with Crippen molar-refractivity contribution in [2.75, 3.05) is 0 Å². The standard InChI is InChI=1S/C13H14N2S/c1-2-7-15-9-10(8-14)11-5-3-4-6-12(11)13(15)16/h2,9H,1,3-7H2. The third kappa shape index (κ3) is 1.81. The van der Waals surface area contributed by atoms with Crippen molar-refractivity contribution in [2.45, 2.75) is 32.2 Å². The molecule has 0 N–H and O–H groups in total. The van der Waals surface area contributed by atoms with Gasteiger partial charge in [-0.1, -0.05) is 18.3 Å². The van der Waals surface area contributed by atoms with E-state index in [1.807, 2.05) is 16.8 Å². The monoisotopic (exact) mass is 230 g/mol. The number of pyridine rings is 1. The Kier molecular flexibility index (Phi) is 3.21. The second kappa shape index (κ2) is 4.63. The van der Waals surface area contributed by atoms with Gasteiger partial charge >= 0.3 is 0 Å². The van der Waals surface area contributed by atoms with Crippen molar-refractivity contribution in [3.05, 3.63) is 40.2 Å². The molecule has 0 spiro atoms. The molecule has 1 aromatic rings. The predicted octanol–water partition coefficient (Wildman–Crippen LogP) is 3.15. The summed E-state index contributed by atoms with van der Waals surface area (Å²) in [7, 11) is 0. The van der Waals surface area contributed by atoms with Crippen LogP contribution in [0.5, 0.6) is 0 Å². The third-order valence-electron chi connectivity index (χ3n) is 3.04. The molecule has 0 saturated carbocycles. The highest BCUT2D eigenvalue weighted by atomic mass is 32.1. The van der Waals surface area contributed by atoms with Crippen molar-refractivity contribution in [1.29, 1.82) is 5.26 Å². The van der Waals surface area contributed by atoms with Gasteiger partial charge in [-0.15, -0.1) is 6.58 Å². The normalized spacial score (nSPS) is 13.9. The first-order chi connectivity index (χ1) is 7.77. The Hall–Kier alpha value is -1.40. The molecule has 0 amide bonds. The first-order valence-corrected chi connectivity index (χ1v) is 5.95. The van der Waals surface area contributed by atoms with Crippen LogP contribution in [-0.4, -0.2) is 4.57 Å². The number of rotatable bonds is 2. The van der Waals surface area contributed by atoms with Crippen molar-refractivity contribution in [3.63, 3.8) is 0 Å². The van der Waals surface area contributed by atoms with E-state index in [0.717, 1.165) is 23.0 Å². The van der Waals surface area contributed by atoms with Gasteiger partial charge in [-0.25, -0.2) is 0 Å².